The van der Waals surface area contributed by atoms with Crippen LogP contribution in [0.3, 0.4) is 0 Å². The summed E-state index contributed by atoms with van der Waals surface area (Å²) in [6, 6.07) is 0. The van der Waals surface area contributed by atoms with Gasteiger partial charge in [0.05, 0.1) is 7.11 Å². The number of allylic oxidation sites excluding steroid dienone is 2. The van der Waals surface area contributed by atoms with Crippen molar-refractivity contribution >= 4 is 0 Å². The molecule has 0 aromatic rings. The first kappa shape index (κ1) is 20.6. The molecule has 132 valence electrons. The fourth-order valence-electron chi connectivity index (χ4n) is 0.943. The lowest BCUT2D eigenvalue weighted by molar-refractivity contribution is -0.351. The van der Waals surface area contributed by atoms with Gasteiger partial charge in [0.25, 0.3) is 0 Å². The summed E-state index contributed by atoms with van der Waals surface area (Å²) in [6.45, 7) is 0. The number of halogens is 13. The Kier molecular flexibility index (Phi) is 5.03. The van der Waals surface area contributed by atoms with Crippen molar-refractivity contribution < 1.29 is 61.8 Å². The van der Waals surface area contributed by atoms with Crippen LogP contribution in [0.2, 0.25) is 0 Å². The Hall–Kier alpha value is -1.37. The van der Waals surface area contributed by atoms with Crippen LogP contribution in [0, 0.1) is 0 Å². The second-order valence-electron chi connectivity index (χ2n) is 3.57. The van der Waals surface area contributed by atoms with Crippen molar-refractivity contribution in [3.05, 3.63) is 11.6 Å². The maximum atomic E-state index is 12.9. The average Bonchev–Trinajstić information content (AvgIpc) is 2.25. The molecule has 0 fully saturated rings. The van der Waals surface area contributed by atoms with Crippen molar-refractivity contribution in [3.8, 4) is 0 Å². The van der Waals surface area contributed by atoms with Crippen molar-refractivity contribution in [2.24, 2.45) is 0 Å². The van der Waals surface area contributed by atoms with Gasteiger partial charge in [-0.2, -0.15) is 52.7 Å². The standard InChI is InChI=1S/C8H3F13O/c1-22-3(2(9)4(10,11)7(16,17)18)5(12,13)6(14,15)8(19,20)21/h1H3/b3-2+. The van der Waals surface area contributed by atoms with Gasteiger partial charge in [0, 0.05) is 0 Å². The molecule has 0 unspecified atom stereocenters. The molecule has 0 saturated heterocycles. The molecule has 0 heterocycles. The Morgan fingerprint density at radius 3 is 1.23 bits per heavy atom. The zero-order valence-electron chi connectivity index (χ0n) is 9.82. The molecule has 0 radical (unpaired) electrons. The summed E-state index contributed by atoms with van der Waals surface area (Å²) < 4.78 is 162. The highest BCUT2D eigenvalue weighted by atomic mass is 19.4. The van der Waals surface area contributed by atoms with Crippen molar-refractivity contribution in [2.75, 3.05) is 7.11 Å². The van der Waals surface area contributed by atoms with Gasteiger partial charge in [-0.25, -0.2) is 4.39 Å². The van der Waals surface area contributed by atoms with E-state index in [1.54, 1.807) is 0 Å². The fourth-order valence-corrected chi connectivity index (χ4v) is 0.943. The van der Waals surface area contributed by atoms with Crippen molar-refractivity contribution in [1.29, 1.82) is 0 Å². The van der Waals surface area contributed by atoms with E-state index in [2.05, 4.69) is 4.74 Å². The first-order valence-electron chi connectivity index (χ1n) is 4.57. The van der Waals surface area contributed by atoms with Crippen LogP contribution in [-0.2, 0) is 4.74 Å². The van der Waals surface area contributed by atoms with Gasteiger partial charge in [0.15, 0.2) is 0 Å². The highest BCUT2D eigenvalue weighted by Crippen LogP contribution is 2.53. The topological polar surface area (TPSA) is 9.23 Å². The zero-order valence-corrected chi connectivity index (χ0v) is 9.82. The second kappa shape index (κ2) is 5.37. The molecule has 0 rings (SSSR count). The molecule has 0 aliphatic rings. The minimum absolute atomic E-state index is 0.290. The van der Waals surface area contributed by atoms with E-state index < -0.39 is 41.7 Å². The Morgan fingerprint density at radius 2 is 1.00 bits per heavy atom. The van der Waals surface area contributed by atoms with Crippen LogP contribution >= 0.6 is 0 Å². The number of rotatable bonds is 4. The van der Waals surface area contributed by atoms with E-state index in [0.717, 1.165) is 0 Å². The third kappa shape index (κ3) is 3.04. The molecule has 14 heteroatoms. The summed E-state index contributed by atoms with van der Waals surface area (Å²) in [5.41, 5.74) is 0. The number of alkyl halides is 12. The molecular weight excluding hydrogens is 359 g/mol. The van der Waals surface area contributed by atoms with Crippen LogP contribution in [0.15, 0.2) is 11.6 Å². The van der Waals surface area contributed by atoms with Crippen molar-refractivity contribution in [3.63, 3.8) is 0 Å². The van der Waals surface area contributed by atoms with Crippen LogP contribution < -0.4 is 0 Å². The predicted octanol–water partition coefficient (Wildman–Crippen LogP) is 4.84. The highest BCUT2D eigenvalue weighted by Gasteiger charge is 2.77. The van der Waals surface area contributed by atoms with Gasteiger partial charge in [0.2, 0.25) is 11.6 Å². The Balaban J connectivity index is 6.35. The zero-order chi connectivity index (χ0) is 18.4. The maximum Gasteiger partial charge on any atom is 0.460 e. The van der Waals surface area contributed by atoms with Gasteiger partial charge >= 0.3 is 30.1 Å². The smallest absolute Gasteiger partial charge is 0.460 e. The SMILES string of the molecule is CO/C(=C(/F)C(F)(F)C(F)(F)F)C(F)(F)C(F)(F)C(F)(F)F. The summed E-state index contributed by atoms with van der Waals surface area (Å²) >= 11 is 0. The summed E-state index contributed by atoms with van der Waals surface area (Å²) in [5, 5.41) is 0. The molecule has 0 aromatic carbocycles. The molecule has 0 saturated carbocycles. The van der Waals surface area contributed by atoms with Gasteiger partial charge < -0.3 is 4.74 Å². The van der Waals surface area contributed by atoms with E-state index in [4.69, 9.17) is 0 Å². The molecule has 0 aromatic heterocycles. The first-order chi connectivity index (χ1) is 9.35. The minimum atomic E-state index is -7.18. The van der Waals surface area contributed by atoms with E-state index in [9.17, 15) is 57.1 Å². The Morgan fingerprint density at radius 1 is 0.636 bits per heavy atom. The number of hydrogen-bond donors (Lipinski definition) is 0. The van der Waals surface area contributed by atoms with E-state index in [-0.39, 0.29) is 7.11 Å². The Labute approximate surface area is 112 Å². The third-order valence-electron chi connectivity index (χ3n) is 2.07. The number of methoxy groups -OCH3 is 1. The highest BCUT2D eigenvalue weighted by molar-refractivity contribution is 5.22. The quantitative estimate of drug-likeness (QED) is 0.514. The summed E-state index contributed by atoms with van der Waals surface area (Å²) in [4.78, 5) is 0. The van der Waals surface area contributed by atoms with E-state index in [0.29, 0.717) is 0 Å². The molecular formula is C8H3F13O. The molecule has 0 aliphatic heterocycles. The number of ether oxygens (including phenoxy) is 1. The largest absolute Gasteiger partial charge is 0.492 e. The van der Waals surface area contributed by atoms with Crippen molar-refractivity contribution in [1.82, 2.24) is 0 Å². The Bertz CT molecular complexity index is 440. The summed E-state index contributed by atoms with van der Waals surface area (Å²) in [5.74, 6) is -28.9. The molecule has 0 N–H and O–H groups in total. The fraction of sp³-hybridized carbons (Fsp3) is 0.750. The van der Waals surface area contributed by atoms with Crippen LogP contribution in [0.25, 0.3) is 0 Å². The van der Waals surface area contributed by atoms with E-state index in [1.807, 2.05) is 0 Å². The lowest BCUT2D eigenvalue weighted by atomic mass is 10.1. The maximum absolute atomic E-state index is 12.9. The second-order valence-corrected chi connectivity index (χ2v) is 3.57. The van der Waals surface area contributed by atoms with Crippen LogP contribution in [0.4, 0.5) is 57.1 Å². The van der Waals surface area contributed by atoms with Crippen LogP contribution in [-0.4, -0.2) is 37.2 Å². The number of hydrogen-bond acceptors (Lipinski definition) is 1. The van der Waals surface area contributed by atoms with Gasteiger partial charge in [-0.05, 0) is 0 Å². The van der Waals surface area contributed by atoms with Gasteiger partial charge in [0.1, 0.15) is 0 Å². The van der Waals surface area contributed by atoms with Gasteiger partial charge in [-0.3, -0.25) is 0 Å². The lowest BCUT2D eigenvalue weighted by Gasteiger charge is -2.30. The lowest BCUT2D eigenvalue weighted by Crippen LogP contribution is -2.54. The molecule has 0 aliphatic carbocycles. The summed E-state index contributed by atoms with van der Waals surface area (Å²) in [6.07, 6.45) is -14.0. The summed E-state index contributed by atoms with van der Waals surface area (Å²) in [7, 11) is -0.290. The molecule has 0 amide bonds. The van der Waals surface area contributed by atoms with E-state index in [1.165, 1.54) is 0 Å². The normalized spacial score (nSPS) is 16.5. The van der Waals surface area contributed by atoms with Crippen LogP contribution in [0.5, 0.6) is 0 Å². The van der Waals surface area contributed by atoms with Crippen LogP contribution in [0.1, 0.15) is 0 Å². The average molecular weight is 362 g/mol. The van der Waals surface area contributed by atoms with Crippen molar-refractivity contribution in [2.45, 2.75) is 30.1 Å². The van der Waals surface area contributed by atoms with Gasteiger partial charge in [-0.1, -0.05) is 0 Å². The molecule has 22 heavy (non-hydrogen) atoms. The molecule has 0 spiro atoms. The monoisotopic (exact) mass is 362 g/mol. The molecule has 0 bridgehead atoms. The minimum Gasteiger partial charge on any atom is -0.492 e. The predicted molar refractivity (Wildman–Crippen MR) is 42.1 cm³/mol. The van der Waals surface area contributed by atoms with E-state index >= 15 is 0 Å². The molecule has 0 atom stereocenters. The molecule has 1 nitrogen and oxygen atoms in total. The first-order valence-corrected chi connectivity index (χ1v) is 4.57. The van der Waals surface area contributed by atoms with Gasteiger partial charge in [-0.15, -0.1) is 0 Å². The third-order valence-corrected chi connectivity index (χ3v) is 2.07.